The molecule has 0 spiro atoms. The molecule has 0 aromatic carbocycles. The van der Waals surface area contributed by atoms with E-state index in [1.165, 1.54) is 45.1 Å². The number of hydrogen-bond acceptors (Lipinski definition) is 3. The highest BCUT2D eigenvalue weighted by atomic mass is 16.3. The second-order valence-electron chi connectivity index (χ2n) is 10.4. The molecule has 5 atom stereocenters. The Hall–Kier alpha value is -0.640. The molecule has 0 aliphatic heterocycles. The van der Waals surface area contributed by atoms with Crippen molar-refractivity contribution in [1.82, 2.24) is 4.90 Å². The number of rotatable bonds is 13. The van der Waals surface area contributed by atoms with E-state index >= 15 is 0 Å². The minimum absolute atomic E-state index is 0.223. The second-order valence-corrected chi connectivity index (χ2v) is 10.4. The number of allylic oxidation sites excluding steroid dienone is 2. The van der Waals surface area contributed by atoms with Crippen LogP contribution in [0.5, 0.6) is 0 Å². The number of hydrogen-bond donors (Lipinski definition) is 2. The Morgan fingerprint density at radius 2 is 1.77 bits per heavy atom. The number of aliphatic hydroxyl groups excluding tert-OH is 2. The number of nitrogens with zero attached hydrogens (tertiary/aromatic N) is 1. The standard InChI is InChI=1S/C27H49NO2/c1-6-7-9-13-24(29)14-15-25-26-18-22(17-23(26)19-27(25)30)12-10-8-11-16-28(20(2)3)21(4)5/h12,14-15,20-21,23-27,29-30H,6-11,13,16-19H2,1-5H3/b15-14+,22-12+/t23-,24-,25+,26-,27+/m0/s1. The first-order valence-electron chi connectivity index (χ1n) is 12.8. The lowest BCUT2D eigenvalue weighted by Gasteiger charge is -2.30. The van der Waals surface area contributed by atoms with Crippen molar-refractivity contribution in [1.29, 1.82) is 0 Å². The van der Waals surface area contributed by atoms with Gasteiger partial charge in [0.25, 0.3) is 0 Å². The molecule has 0 bridgehead atoms. The van der Waals surface area contributed by atoms with Gasteiger partial charge in [0.15, 0.2) is 0 Å². The summed E-state index contributed by atoms with van der Waals surface area (Å²) in [6.07, 6.45) is 17.3. The zero-order valence-corrected chi connectivity index (χ0v) is 20.4. The van der Waals surface area contributed by atoms with Gasteiger partial charge in [-0.3, -0.25) is 4.90 Å². The fourth-order valence-electron chi connectivity index (χ4n) is 5.75. The second kappa shape index (κ2) is 13.0. The third-order valence-electron chi connectivity index (χ3n) is 7.40. The van der Waals surface area contributed by atoms with E-state index in [1.54, 1.807) is 5.57 Å². The Morgan fingerprint density at radius 1 is 1.03 bits per heavy atom. The van der Waals surface area contributed by atoms with Crippen molar-refractivity contribution in [3.05, 3.63) is 23.8 Å². The van der Waals surface area contributed by atoms with Crippen LogP contribution < -0.4 is 0 Å². The van der Waals surface area contributed by atoms with Crippen LogP contribution in [0, 0.1) is 17.8 Å². The highest BCUT2D eigenvalue weighted by Crippen LogP contribution is 2.50. The molecular formula is C27H49NO2. The van der Waals surface area contributed by atoms with Gasteiger partial charge in [-0.15, -0.1) is 0 Å². The minimum Gasteiger partial charge on any atom is -0.392 e. The van der Waals surface area contributed by atoms with Gasteiger partial charge < -0.3 is 10.2 Å². The van der Waals surface area contributed by atoms with Crippen molar-refractivity contribution in [3.63, 3.8) is 0 Å². The molecule has 0 heterocycles. The van der Waals surface area contributed by atoms with E-state index in [-0.39, 0.29) is 18.1 Å². The van der Waals surface area contributed by atoms with E-state index in [0.29, 0.717) is 23.9 Å². The van der Waals surface area contributed by atoms with Crippen molar-refractivity contribution in [2.24, 2.45) is 17.8 Å². The van der Waals surface area contributed by atoms with Crippen LogP contribution in [0.25, 0.3) is 0 Å². The Kier molecular flexibility index (Phi) is 11.1. The van der Waals surface area contributed by atoms with Gasteiger partial charge in [-0.25, -0.2) is 0 Å². The lowest BCUT2D eigenvalue weighted by Crippen LogP contribution is -2.37. The first-order valence-corrected chi connectivity index (χ1v) is 12.8. The molecule has 0 aromatic rings. The van der Waals surface area contributed by atoms with E-state index in [0.717, 1.165) is 25.7 Å². The minimum atomic E-state index is -0.351. The van der Waals surface area contributed by atoms with E-state index in [4.69, 9.17) is 0 Å². The number of unbranched alkanes of at least 4 members (excludes halogenated alkanes) is 4. The van der Waals surface area contributed by atoms with E-state index in [2.05, 4.69) is 51.7 Å². The molecule has 2 fully saturated rings. The van der Waals surface area contributed by atoms with Crippen LogP contribution in [-0.2, 0) is 0 Å². The summed E-state index contributed by atoms with van der Waals surface area (Å²) in [5, 5.41) is 20.7. The molecule has 30 heavy (non-hydrogen) atoms. The summed E-state index contributed by atoms with van der Waals surface area (Å²) in [5.74, 6) is 1.44. The summed E-state index contributed by atoms with van der Waals surface area (Å²) >= 11 is 0. The normalized spacial score (nSPS) is 29.2. The lowest BCUT2D eigenvalue weighted by atomic mass is 9.90. The third kappa shape index (κ3) is 7.80. The molecule has 2 rings (SSSR count). The predicted molar refractivity (Wildman–Crippen MR) is 129 cm³/mol. The van der Waals surface area contributed by atoms with Gasteiger partial charge in [-0.05, 0) is 91.0 Å². The summed E-state index contributed by atoms with van der Waals surface area (Å²) in [6.45, 7) is 12.6. The molecule has 0 unspecified atom stereocenters. The molecule has 3 nitrogen and oxygen atoms in total. The Bertz CT molecular complexity index is 531. The molecule has 174 valence electrons. The summed E-state index contributed by atoms with van der Waals surface area (Å²) in [6, 6.07) is 1.25. The monoisotopic (exact) mass is 419 g/mol. The van der Waals surface area contributed by atoms with Crippen LogP contribution >= 0.6 is 0 Å². The Balaban J connectivity index is 1.76. The molecule has 0 amide bonds. The van der Waals surface area contributed by atoms with Crippen molar-refractivity contribution in [2.45, 2.75) is 123 Å². The largest absolute Gasteiger partial charge is 0.392 e. The van der Waals surface area contributed by atoms with Crippen molar-refractivity contribution in [2.75, 3.05) is 6.54 Å². The zero-order chi connectivity index (χ0) is 22.1. The van der Waals surface area contributed by atoms with Gasteiger partial charge in [0.2, 0.25) is 0 Å². The summed E-state index contributed by atoms with van der Waals surface area (Å²) < 4.78 is 0. The van der Waals surface area contributed by atoms with Gasteiger partial charge >= 0.3 is 0 Å². The average Bonchev–Trinajstić information content (AvgIpc) is 3.18. The highest BCUT2D eigenvalue weighted by molar-refractivity contribution is 5.18. The van der Waals surface area contributed by atoms with Gasteiger partial charge in [-0.2, -0.15) is 0 Å². The summed E-state index contributed by atoms with van der Waals surface area (Å²) in [7, 11) is 0. The molecule has 0 radical (unpaired) electrons. The van der Waals surface area contributed by atoms with Crippen LogP contribution in [0.3, 0.4) is 0 Å². The molecule has 0 saturated heterocycles. The fourth-order valence-corrected chi connectivity index (χ4v) is 5.75. The molecular weight excluding hydrogens is 370 g/mol. The van der Waals surface area contributed by atoms with Gasteiger partial charge in [0.05, 0.1) is 12.2 Å². The predicted octanol–water partition coefficient (Wildman–Crippen LogP) is 6.11. The smallest absolute Gasteiger partial charge is 0.0721 e. The molecule has 2 aliphatic rings. The maximum absolute atomic E-state index is 10.5. The van der Waals surface area contributed by atoms with Crippen LogP contribution in [0.1, 0.15) is 98.8 Å². The van der Waals surface area contributed by atoms with Crippen LogP contribution in [0.15, 0.2) is 23.8 Å². The Morgan fingerprint density at radius 3 is 2.43 bits per heavy atom. The molecule has 3 heteroatoms. The SMILES string of the molecule is CCCCC[C@H](O)/C=C/[C@@H]1[C@H]2C/C(=C/CCCCN(C(C)C)C(C)C)C[C@H]2C[C@H]1O. The molecule has 2 aliphatic carbocycles. The summed E-state index contributed by atoms with van der Waals surface area (Å²) in [5.41, 5.74) is 1.61. The lowest BCUT2D eigenvalue weighted by molar-refractivity contribution is 0.139. The fraction of sp³-hybridized carbons (Fsp3) is 0.852. The zero-order valence-electron chi connectivity index (χ0n) is 20.4. The van der Waals surface area contributed by atoms with Crippen molar-refractivity contribution < 1.29 is 10.2 Å². The highest BCUT2D eigenvalue weighted by Gasteiger charge is 2.44. The van der Waals surface area contributed by atoms with Crippen LogP contribution in [-0.4, -0.2) is 45.9 Å². The quantitative estimate of drug-likeness (QED) is 0.280. The molecule has 0 aromatic heterocycles. The maximum atomic E-state index is 10.5. The van der Waals surface area contributed by atoms with Crippen molar-refractivity contribution in [3.8, 4) is 0 Å². The van der Waals surface area contributed by atoms with E-state index in [1.807, 2.05) is 6.08 Å². The Labute approximate surface area is 186 Å². The van der Waals surface area contributed by atoms with Crippen LogP contribution in [0.4, 0.5) is 0 Å². The third-order valence-corrected chi connectivity index (χ3v) is 7.40. The number of aliphatic hydroxyl groups is 2. The van der Waals surface area contributed by atoms with Gasteiger partial charge in [0.1, 0.15) is 0 Å². The first-order chi connectivity index (χ1) is 14.3. The van der Waals surface area contributed by atoms with E-state index < -0.39 is 0 Å². The topological polar surface area (TPSA) is 43.7 Å². The van der Waals surface area contributed by atoms with E-state index in [9.17, 15) is 10.2 Å². The number of fused-ring (bicyclic) bond motifs is 1. The van der Waals surface area contributed by atoms with Gasteiger partial charge in [0, 0.05) is 18.0 Å². The molecule has 2 saturated carbocycles. The van der Waals surface area contributed by atoms with Gasteiger partial charge in [-0.1, -0.05) is 50.0 Å². The van der Waals surface area contributed by atoms with Crippen LogP contribution in [0.2, 0.25) is 0 Å². The average molecular weight is 420 g/mol. The first kappa shape index (κ1) is 25.6. The molecule has 2 N–H and O–H groups in total. The van der Waals surface area contributed by atoms with Crippen molar-refractivity contribution >= 4 is 0 Å². The maximum Gasteiger partial charge on any atom is 0.0721 e. The summed E-state index contributed by atoms with van der Waals surface area (Å²) in [4.78, 5) is 2.59.